The molecule has 5 rings (SSSR count). The van der Waals surface area contributed by atoms with Crippen LogP contribution in [0.3, 0.4) is 0 Å². The minimum absolute atomic E-state index is 0.0128. The first-order valence-electron chi connectivity index (χ1n) is 10.4. The summed E-state index contributed by atoms with van der Waals surface area (Å²) in [6, 6.07) is 11.4. The highest BCUT2D eigenvalue weighted by Gasteiger charge is 2.37. The molecule has 3 heterocycles. The van der Waals surface area contributed by atoms with Crippen molar-refractivity contribution in [2.45, 2.75) is 46.2 Å². The molecule has 0 fully saturated rings. The van der Waals surface area contributed by atoms with Gasteiger partial charge in [-0.2, -0.15) is 0 Å². The van der Waals surface area contributed by atoms with E-state index in [-0.39, 0.29) is 17.5 Å². The third-order valence-corrected chi connectivity index (χ3v) is 7.71. The van der Waals surface area contributed by atoms with Crippen LogP contribution in [0.5, 0.6) is 0 Å². The van der Waals surface area contributed by atoms with Gasteiger partial charge in [0.2, 0.25) is 0 Å². The Bertz CT molecular complexity index is 1120. The van der Waals surface area contributed by atoms with Gasteiger partial charge in [-0.1, -0.05) is 44.5 Å². The zero-order valence-electron chi connectivity index (χ0n) is 17.3. The monoisotopic (exact) mass is 440 g/mol. The molecule has 30 heavy (non-hydrogen) atoms. The van der Waals surface area contributed by atoms with Crippen LogP contribution < -0.4 is 10.6 Å². The van der Waals surface area contributed by atoms with Crippen LogP contribution in [-0.2, 0) is 12.8 Å². The summed E-state index contributed by atoms with van der Waals surface area (Å²) >= 11 is 7.84. The van der Waals surface area contributed by atoms with E-state index in [0.29, 0.717) is 16.7 Å². The molecule has 0 saturated carbocycles. The average molecular weight is 441 g/mol. The van der Waals surface area contributed by atoms with E-state index in [1.54, 1.807) is 11.3 Å². The first kappa shape index (κ1) is 19.7. The summed E-state index contributed by atoms with van der Waals surface area (Å²) in [5, 5.41) is 8.20. The molecule has 3 aromatic rings. The van der Waals surface area contributed by atoms with Gasteiger partial charge < -0.3 is 15.1 Å². The number of amides is 1. The van der Waals surface area contributed by atoms with Crippen molar-refractivity contribution >= 4 is 33.8 Å². The molecule has 1 aliphatic carbocycles. The molecular formula is C24H25ClN2O2S. The average Bonchev–Trinajstić information content (AvgIpc) is 3.31. The smallest absolute Gasteiger partial charge is 0.256 e. The number of nitrogens with one attached hydrogen (secondary N) is 2. The summed E-state index contributed by atoms with van der Waals surface area (Å²) < 4.78 is 6.06. The zero-order valence-corrected chi connectivity index (χ0v) is 18.9. The molecule has 2 unspecified atom stereocenters. The zero-order chi connectivity index (χ0) is 21.0. The molecule has 0 saturated heterocycles. The third kappa shape index (κ3) is 3.44. The van der Waals surface area contributed by atoms with E-state index in [9.17, 15) is 4.79 Å². The molecule has 2 atom stereocenters. The maximum absolute atomic E-state index is 13.0. The molecule has 2 aliphatic rings. The lowest BCUT2D eigenvalue weighted by molar-refractivity contribution is 0.0930. The number of carbonyl (C=O) groups excluding carboxylic acids is 1. The summed E-state index contributed by atoms with van der Waals surface area (Å²) in [6.07, 6.45) is 2.78. The van der Waals surface area contributed by atoms with Gasteiger partial charge >= 0.3 is 0 Å². The molecule has 4 nitrogen and oxygen atoms in total. The molecule has 1 aliphatic heterocycles. The van der Waals surface area contributed by atoms with E-state index in [1.165, 1.54) is 10.4 Å². The number of thiophene rings is 1. The van der Waals surface area contributed by atoms with Crippen molar-refractivity contribution < 1.29 is 9.21 Å². The number of carbonyl (C=O) groups is 1. The lowest BCUT2D eigenvalue weighted by atomic mass is 9.72. The summed E-state index contributed by atoms with van der Waals surface area (Å²) in [5.74, 6) is 2.05. The Morgan fingerprint density at radius 2 is 2.00 bits per heavy atom. The molecule has 1 aromatic carbocycles. The second kappa shape index (κ2) is 7.17. The largest absolute Gasteiger partial charge is 0.457 e. The highest BCUT2D eigenvalue weighted by atomic mass is 35.5. The van der Waals surface area contributed by atoms with Crippen LogP contribution in [0.4, 0.5) is 5.00 Å². The minimum atomic E-state index is -0.378. The highest BCUT2D eigenvalue weighted by molar-refractivity contribution is 7.16. The van der Waals surface area contributed by atoms with E-state index in [0.717, 1.165) is 41.2 Å². The Kier molecular flexibility index (Phi) is 4.71. The van der Waals surface area contributed by atoms with Gasteiger partial charge in [-0.05, 0) is 60.4 Å². The molecular weight excluding hydrogens is 416 g/mol. The number of furan rings is 1. The Labute approximate surface area is 185 Å². The summed E-state index contributed by atoms with van der Waals surface area (Å²) in [7, 11) is 0. The lowest BCUT2D eigenvalue weighted by Gasteiger charge is -2.34. The second-order valence-electron chi connectivity index (χ2n) is 9.28. The molecule has 0 bridgehead atoms. The van der Waals surface area contributed by atoms with Crippen molar-refractivity contribution in [1.82, 2.24) is 5.32 Å². The molecule has 156 valence electrons. The quantitative estimate of drug-likeness (QED) is 0.468. The minimum Gasteiger partial charge on any atom is -0.457 e. The molecule has 6 heteroatoms. The fourth-order valence-corrected chi connectivity index (χ4v) is 6.03. The van der Waals surface area contributed by atoms with E-state index < -0.39 is 0 Å². The van der Waals surface area contributed by atoms with Crippen molar-refractivity contribution in [3.8, 4) is 11.3 Å². The van der Waals surface area contributed by atoms with Crippen molar-refractivity contribution in [3.05, 3.63) is 63.2 Å². The Balaban J connectivity index is 1.41. The number of hydrogen-bond donors (Lipinski definition) is 2. The van der Waals surface area contributed by atoms with Crippen LogP contribution in [0, 0.1) is 11.3 Å². The number of rotatable bonds is 2. The van der Waals surface area contributed by atoms with E-state index in [1.807, 2.05) is 36.4 Å². The van der Waals surface area contributed by atoms with Gasteiger partial charge in [0.05, 0.1) is 5.56 Å². The second-order valence-corrected chi connectivity index (χ2v) is 10.8. The van der Waals surface area contributed by atoms with Crippen LogP contribution >= 0.6 is 22.9 Å². The highest BCUT2D eigenvalue weighted by Crippen LogP contribution is 2.46. The Morgan fingerprint density at radius 3 is 2.77 bits per heavy atom. The van der Waals surface area contributed by atoms with Gasteiger partial charge in [0.15, 0.2) is 6.17 Å². The number of hydrogen-bond acceptors (Lipinski definition) is 4. The first-order valence-corrected chi connectivity index (χ1v) is 11.6. The van der Waals surface area contributed by atoms with Crippen molar-refractivity contribution in [2.75, 3.05) is 5.32 Å². The normalized spacial score (nSPS) is 20.9. The molecule has 2 N–H and O–H groups in total. The first-order chi connectivity index (χ1) is 14.3. The van der Waals surface area contributed by atoms with Crippen LogP contribution in [0.15, 0.2) is 40.8 Å². The Morgan fingerprint density at radius 1 is 1.17 bits per heavy atom. The number of fused-ring (bicyclic) bond motifs is 3. The van der Waals surface area contributed by atoms with E-state index >= 15 is 0 Å². The van der Waals surface area contributed by atoms with Crippen molar-refractivity contribution in [3.63, 3.8) is 0 Å². The lowest BCUT2D eigenvalue weighted by Crippen LogP contribution is -2.38. The van der Waals surface area contributed by atoms with Gasteiger partial charge in [-0.25, -0.2) is 0 Å². The number of anilines is 1. The summed E-state index contributed by atoms with van der Waals surface area (Å²) in [5.41, 5.74) is 3.26. The fourth-order valence-electron chi connectivity index (χ4n) is 4.48. The van der Waals surface area contributed by atoms with Gasteiger partial charge in [0.25, 0.3) is 5.91 Å². The number of halogens is 1. The summed E-state index contributed by atoms with van der Waals surface area (Å²) in [6.45, 7) is 6.93. The standard InChI is InChI=1S/C24H25ClN2O2S/c1-24(2,3)14-7-8-16-19(12-14)30-23-20(16)22(28)26-21(27-23)18-10-9-17(29-18)13-5-4-6-15(25)11-13/h4-6,9-11,14,21,27H,7-8,12H2,1-3H3,(H,26,28). The predicted molar refractivity (Wildman–Crippen MR) is 122 cm³/mol. The van der Waals surface area contributed by atoms with E-state index in [4.69, 9.17) is 16.0 Å². The molecule has 0 radical (unpaired) electrons. The van der Waals surface area contributed by atoms with Gasteiger partial charge in [-0.3, -0.25) is 4.79 Å². The maximum Gasteiger partial charge on any atom is 0.256 e. The van der Waals surface area contributed by atoms with Crippen LogP contribution in [0.2, 0.25) is 5.02 Å². The molecule has 1 amide bonds. The van der Waals surface area contributed by atoms with Crippen LogP contribution in [0.1, 0.15) is 59.9 Å². The Hall–Kier alpha value is -2.24. The maximum atomic E-state index is 13.0. The fraction of sp³-hybridized carbons (Fsp3) is 0.375. The van der Waals surface area contributed by atoms with Crippen molar-refractivity contribution in [1.29, 1.82) is 0 Å². The molecule has 2 aromatic heterocycles. The van der Waals surface area contributed by atoms with Gasteiger partial charge in [0.1, 0.15) is 16.5 Å². The SMILES string of the molecule is CC(C)(C)C1CCc2c(sc3c2C(=O)NC(c2ccc(-c4cccc(Cl)c4)o2)N3)C1. The van der Waals surface area contributed by atoms with Crippen LogP contribution in [0.25, 0.3) is 11.3 Å². The third-order valence-electron chi connectivity index (χ3n) is 6.29. The van der Waals surface area contributed by atoms with Crippen LogP contribution in [-0.4, -0.2) is 5.91 Å². The molecule has 0 spiro atoms. The van der Waals surface area contributed by atoms with Gasteiger partial charge in [-0.15, -0.1) is 11.3 Å². The van der Waals surface area contributed by atoms with Gasteiger partial charge in [0, 0.05) is 15.5 Å². The predicted octanol–water partition coefficient (Wildman–Crippen LogP) is 6.67. The summed E-state index contributed by atoms with van der Waals surface area (Å²) in [4.78, 5) is 14.4. The number of benzene rings is 1. The van der Waals surface area contributed by atoms with E-state index in [2.05, 4.69) is 31.4 Å². The topological polar surface area (TPSA) is 54.3 Å². The van der Waals surface area contributed by atoms with Crippen molar-refractivity contribution in [2.24, 2.45) is 11.3 Å².